The highest BCUT2D eigenvalue weighted by molar-refractivity contribution is 5.76. The molecule has 0 fully saturated rings. The summed E-state index contributed by atoms with van der Waals surface area (Å²) in [6, 6.07) is 26.4. The molecule has 0 aliphatic carbocycles. The molecule has 0 saturated heterocycles. The Hall–Kier alpha value is -2.94. The summed E-state index contributed by atoms with van der Waals surface area (Å²) in [5.41, 5.74) is 3.19. The lowest BCUT2D eigenvalue weighted by atomic mass is 10.1. The van der Waals surface area contributed by atoms with Crippen molar-refractivity contribution >= 4 is 5.91 Å². The van der Waals surface area contributed by atoms with Crippen LogP contribution in [0.5, 0.6) is 0 Å². The van der Waals surface area contributed by atoms with Crippen molar-refractivity contribution in [1.82, 2.24) is 4.90 Å². The van der Waals surface area contributed by atoms with Gasteiger partial charge in [0, 0.05) is 19.5 Å². The maximum atomic E-state index is 13.0. The molecule has 0 atom stereocenters. The van der Waals surface area contributed by atoms with Gasteiger partial charge >= 0.3 is 0 Å². The van der Waals surface area contributed by atoms with E-state index in [0.717, 1.165) is 16.7 Å². The van der Waals surface area contributed by atoms with Crippen LogP contribution in [0, 0.1) is 5.82 Å². The largest absolute Gasteiger partial charge is 0.334 e. The second-order valence-corrected chi connectivity index (χ2v) is 6.35. The number of nitrogens with zero attached hydrogens (tertiary/aromatic N) is 1. The zero-order valence-corrected chi connectivity index (χ0v) is 14.6. The number of aryl methyl sites for hydroxylation is 1. The van der Waals surface area contributed by atoms with Gasteiger partial charge < -0.3 is 4.90 Å². The van der Waals surface area contributed by atoms with Gasteiger partial charge in [0.1, 0.15) is 5.82 Å². The van der Waals surface area contributed by atoms with Crippen molar-refractivity contribution in [3.8, 4) is 0 Å². The summed E-state index contributed by atoms with van der Waals surface area (Å²) < 4.78 is 13.0. The summed E-state index contributed by atoms with van der Waals surface area (Å²) in [6.45, 7) is 1.16. The highest BCUT2D eigenvalue weighted by Gasteiger charge is 2.14. The van der Waals surface area contributed by atoms with E-state index in [1.807, 2.05) is 65.6 Å². The predicted molar refractivity (Wildman–Crippen MR) is 102 cm³/mol. The van der Waals surface area contributed by atoms with E-state index < -0.39 is 0 Å². The molecule has 2 nitrogen and oxygen atoms in total. The van der Waals surface area contributed by atoms with Crippen LogP contribution in [-0.4, -0.2) is 10.8 Å². The Kier molecular flexibility index (Phi) is 6.15. The van der Waals surface area contributed by atoms with Gasteiger partial charge in [0.05, 0.1) is 0 Å². The molecule has 0 unspecified atom stereocenters. The minimum atomic E-state index is -0.255. The highest BCUT2D eigenvalue weighted by atomic mass is 19.1. The number of rotatable bonds is 7. The Bertz CT molecular complexity index is 774. The molecule has 3 heteroatoms. The molecule has 0 aliphatic heterocycles. The van der Waals surface area contributed by atoms with Gasteiger partial charge in [-0.05, 0) is 35.2 Å². The van der Waals surface area contributed by atoms with Crippen LogP contribution in [0.2, 0.25) is 0 Å². The van der Waals surface area contributed by atoms with Crippen LogP contribution in [0.15, 0.2) is 84.9 Å². The highest BCUT2D eigenvalue weighted by Crippen LogP contribution is 2.13. The molecule has 132 valence electrons. The van der Waals surface area contributed by atoms with Crippen LogP contribution in [0.1, 0.15) is 23.1 Å². The Morgan fingerprint density at radius 2 is 1.19 bits per heavy atom. The zero-order valence-electron chi connectivity index (χ0n) is 14.6. The topological polar surface area (TPSA) is 20.3 Å². The van der Waals surface area contributed by atoms with E-state index in [1.54, 1.807) is 12.1 Å². The van der Waals surface area contributed by atoms with Crippen molar-refractivity contribution in [3.05, 3.63) is 107 Å². The van der Waals surface area contributed by atoms with Crippen molar-refractivity contribution in [3.63, 3.8) is 0 Å². The van der Waals surface area contributed by atoms with Gasteiger partial charge in [-0.15, -0.1) is 0 Å². The Morgan fingerprint density at radius 1 is 0.692 bits per heavy atom. The second kappa shape index (κ2) is 8.95. The number of hydrogen-bond donors (Lipinski definition) is 0. The Balaban J connectivity index is 1.68. The van der Waals surface area contributed by atoms with Crippen molar-refractivity contribution in [2.45, 2.75) is 25.9 Å². The smallest absolute Gasteiger partial charge is 0.223 e. The number of hydrogen-bond acceptors (Lipinski definition) is 1. The summed E-state index contributed by atoms with van der Waals surface area (Å²) in [7, 11) is 0. The lowest BCUT2D eigenvalue weighted by Crippen LogP contribution is -2.30. The summed E-state index contributed by atoms with van der Waals surface area (Å²) in [5.74, 6) is -0.156. The normalized spacial score (nSPS) is 10.5. The van der Waals surface area contributed by atoms with Gasteiger partial charge in [-0.1, -0.05) is 72.8 Å². The number of carbonyl (C=O) groups excluding carboxylic acids is 1. The van der Waals surface area contributed by atoms with Crippen LogP contribution in [0.3, 0.4) is 0 Å². The monoisotopic (exact) mass is 347 g/mol. The molecular weight excluding hydrogens is 325 g/mol. The molecule has 0 bridgehead atoms. The molecule has 3 aromatic carbocycles. The first-order chi connectivity index (χ1) is 12.7. The van der Waals surface area contributed by atoms with Crippen molar-refractivity contribution in [2.24, 2.45) is 0 Å². The average molecular weight is 347 g/mol. The molecule has 0 aromatic heterocycles. The van der Waals surface area contributed by atoms with E-state index in [4.69, 9.17) is 0 Å². The standard InChI is InChI=1S/C23H22FNO/c24-22-14-11-19(12-15-22)13-16-23(26)25(17-20-7-3-1-4-8-20)18-21-9-5-2-6-10-21/h1-12,14-15H,13,16-18H2. The molecule has 0 aliphatic rings. The van der Waals surface area contributed by atoms with Gasteiger partial charge in [-0.3, -0.25) is 4.79 Å². The van der Waals surface area contributed by atoms with Crippen LogP contribution < -0.4 is 0 Å². The Labute approximate surface area is 153 Å². The van der Waals surface area contributed by atoms with Crippen molar-refractivity contribution < 1.29 is 9.18 Å². The minimum Gasteiger partial charge on any atom is -0.334 e. The molecular formula is C23H22FNO. The second-order valence-electron chi connectivity index (χ2n) is 6.35. The van der Waals surface area contributed by atoms with E-state index in [0.29, 0.717) is 25.9 Å². The fraction of sp³-hybridized carbons (Fsp3) is 0.174. The molecule has 1 amide bonds. The summed E-state index contributed by atoms with van der Waals surface area (Å²) in [4.78, 5) is 14.7. The van der Waals surface area contributed by atoms with Crippen molar-refractivity contribution in [2.75, 3.05) is 0 Å². The summed E-state index contributed by atoms with van der Waals surface area (Å²) in [5, 5.41) is 0. The van der Waals surface area contributed by atoms with E-state index in [1.165, 1.54) is 12.1 Å². The molecule has 0 heterocycles. The zero-order chi connectivity index (χ0) is 18.2. The third kappa shape index (κ3) is 5.28. The van der Waals surface area contributed by atoms with E-state index in [9.17, 15) is 9.18 Å². The first kappa shape index (κ1) is 17.9. The third-order valence-electron chi connectivity index (χ3n) is 4.33. The van der Waals surface area contributed by atoms with Gasteiger partial charge in [0.2, 0.25) is 5.91 Å². The quantitative estimate of drug-likeness (QED) is 0.590. The predicted octanol–water partition coefficient (Wildman–Crippen LogP) is 4.99. The Morgan fingerprint density at radius 3 is 1.69 bits per heavy atom. The molecule has 0 spiro atoms. The van der Waals surface area contributed by atoms with E-state index in [2.05, 4.69) is 0 Å². The van der Waals surface area contributed by atoms with Gasteiger partial charge in [0.15, 0.2) is 0 Å². The number of amides is 1. The van der Waals surface area contributed by atoms with Gasteiger partial charge in [-0.25, -0.2) is 4.39 Å². The SMILES string of the molecule is O=C(CCc1ccc(F)cc1)N(Cc1ccccc1)Cc1ccccc1. The summed E-state index contributed by atoms with van der Waals surface area (Å²) >= 11 is 0. The lowest BCUT2D eigenvalue weighted by Gasteiger charge is -2.23. The number of benzene rings is 3. The van der Waals surface area contributed by atoms with Crippen LogP contribution in [-0.2, 0) is 24.3 Å². The van der Waals surface area contributed by atoms with E-state index >= 15 is 0 Å². The number of carbonyl (C=O) groups is 1. The molecule has 3 aromatic rings. The first-order valence-electron chi connectivity index (χ1n) is 8.81. The van der Waals surface area contributed by atoms with Crippen molar-refractivity contribution in [1.29, 1.82) is 0 Å². The van der Waals surface area contributed by atoms with Crippen LogP contribution in [0.25, 0.3) is 0 Å². The molecule has 26 heavy (non-hydrogen) atoms. The third-order valence-corrected chi connectivity index (χ3v) is 4.33. The minimum absolute atomic E-state index is 0.0991. The fourth-order valence-corrected chi connectivity index (χ4v) is 2.90. The molecule has 0 saturated carbocycles. The lowest BCUT2D eigenvalue weighted by molar-refractivity contribution is -0.132. The first-order valence-corrected chi connectivity index (χ1v) is 8.81. The fourth-order valence-electron chi connectivity index (χ4n) is 2.90. The summed E-state index contributed by atoms with van der Waals surface area (Å²) in [6.07, 6.45) is 1.02. The average Bonchev–Trinajstić information content (AvgIpc) is 2.68. The van der Waals surface area contributed by atoms with Gasteiger partial charge in [-0.2, -0.15) is 0 Å². The van der Waals surface area contributed by atoms with Crippen LogP contribution in [0.4, 0.5) is 4.39 Å². The van der Waals surface area contributed by atoms with Crippen LogP contribution >= 0.6 is 0 Å². The maximum absolute atomic E-state index is 13.0. The molecule has 0 N–H and O–H groups in total. The number of halogens is 1. The molecule has 0 radical (unpaired) electrons. The maximum Gasteiger partial charge on any atom is 0.223 e. The van der Waals surface area contributed by atoms with Gasteiger partial charge in [0.25, 0.3) is 0 Å². The van der Waals surface area contributed by atoms with E-state index in [-0.39, 0.29) is 11.7 Å². The molecule has 3 rings (SSSR count).